The lowest BCUT2D eigenvalue weighted by molar-refractivity contribution is -0.143. The van der Waals surface area contributed by atoms with E-state index in [-0.39, 0.29) is 31.8 Å². The molecule has 0 bridgehead atoms. The first kappa shape index (κ1) is 33.0. The van der Waals surface area contributed by atoms with E-state index in [0.717, 1.165) is 10.9 Å². The zero-order chi connectivity index (χ0) is 31.4. The fraction of sp³-hybridized carbons (Fsp3) is 0.400. The number of para-hydroxylation sites is 1. The molecule has 0 aliphatic carbocycles. The van der Waals surface area contributed by atoms with Crippen molar-refractivity contribution in [3.05, 3.63) is 36.0 Å². The van der Waals surface area contributed by atoms with Crippen LogP contribution >= 0.6 is 0 Å². The number of carbonyl (C=O) groups excluding carboxylic acids is 5. The Bertz CT molecular complexity index is 1340. The van der Waals surface area contributed by atoms with E-state index >= 15 is 0 Å². The lowest BCUT2D eigenvalue weighted by Gasteiger charge is -2.25. The molecular weight excluding hydrogens is 552 g/mol. The highest BCUT2D eigenvalue weighted by Gasteiger charge is 2.31. The molecule has 1 heterocycles. The van der Waals surface area contributed by atoms with E-state index in [1.54, 1.807) is 30.5 Å². The Morgan fingerprint density at radius 1 is 0.833 bits per heavy atom. The third-order valence-corrected chi connectivity index (χ3v) is 6.09. The Kier molecular flexibility index (Phi) is 12.2. The number of fused-ring (bicyclic) bond motifs is 1. The minimum Gasteiger partial charge on any atom is -0.480 e. The topological polar surface area (TPSA) is 317 Å². The molecule has 228 valence electrons. The standard InChI is InChI=1S/C25H36N10O7/c26-14(9-19(27)36)21(38)33-16(6-3-7-31-25(29)30)22(39)34-17(23(40)35-18(24(41)42)10-20(28)37)8-12-11-32-15-5-2-1-4-13(12)15/h1-2,4-5,11,14,16-18,32H,3,6-10,26H2,(H2,27,36)(H2,28,37)(H,33,38)(H,34,39)(H,35,40)(H,41,42)(H4,29,30,31). The van der Waals surface area contributed by atoms with E-state index in [1.165, 1.54) is 0 Å². The number of carboxylic acids is 1. The zero-order valence-electron chi connectivity index (χ0n) is 22.7. The van der Waals surface area contributed by atoms with E-state index in [2.05, 4.69) is 25.9 Å². The first-order chi connectivity index (χ1) is 19.8. The number of hydrogen-bond acceptors (Lipinski definition) is 8. The molecule has 5 amide bonds. The number of amides is 5. The van der Waals surface area contributed by atoms with Crippen LogP contribution in [0, 0.1) is 0 Å². The number of hydrogen-bond donors (Lipinski definition) is 10. The minimum atomic E-state index is -1.65. The highest BCUT2D eigenvalue weighted by molar-refractivity contribution is 5.96. The molecular formula is C25H36N10O7. The van der Waals surface area contributed by atoms with Crippen LogP contribution in [0.4, 0.5) is 0 Å². The summed E-state index contributed by atoms with van der Waals surface area (Å²) in [5.74, 6) is -6.06. The predicted molar refractivity (Wildman–Crippen MR) is 151 cm³/mol. The summed E-state index contributed by atoms with van der Waals surface area (Å²) in [6.45, 7) is 0.113. The van der Waals surface area contributed by atoms with Crippen LogP contribution in [0.2, 0.25) is 0 Å². The number of carbonyl (C=O) groups is 6. The molecule has 0 fully saturated rings. The Morgan fingerprint density at radius 3 is 2.05 bits per heavy atom. The van der Waals surface area contributed by atoms with Crippen molar-refractivity contribution in [2.75, 3.05) is 6.54 Å². The number of H-pyrrole nitrogens is 1. The average Bonchev–Trinajstić information content (AvgIpc) is 3.31. The van der Waals surface area contributed by atoms with Gasteiger partial charge >= 0.3 is 5.97 Å². The number of benzene rings is 1. The number of aliphatic imine (C=N–C) groups is 1. The monoisotopic (exact) mass is 588 g/mol. The molecule has 17 nitrogen and oxygen atoms in total. The number of aromatic nitrogens is 1. The molecule has 0 radical (unpaired) electrons. The molecule has 2 rings (SSSR count). The minimum absolute atomic E-state index is 0.00149. The van der Waals surface area contributed by atoms with Gasteiger partial charge in [-0.25, -0.2) is 4.79 Å². The van der Waals surface area contributed by atoms with Gasteiger partial charge in [-0.05, 0) is 24.5 Å². The number of guanidine groups is 1. The van der Waals surface area contributed by atoms with Crippen molar-refractivity contribution < 1.29 is 33.9 Å². The van der Waals surface area contributed by atoms with E-state index in [9.17, 15) is 33.9 Å². The fourth-order valence-electron chi connectivity index (χ4n) is 4.04. The van der Waals surface area contributed by atoms with Crippen molar-refractivity contribution in [3.8, 4) is 0 Å². The van der Waals surface area contributed by atoms with Crippen molar-refractivity contribution in [1.82, 2.24) is 20.9 Å². The van der Waals surface area contributed by atoms with Gasteiger partial charge in [-0.1, -0.05) is 18.2 Å². The largest absolute Gasteiger partial charge is 0.480 e. The number of aliphatic carboxylic acids is 1. The maximum atomic E-state index is 13.4. The summed E-state index contributed by atoms with van der Waals surface area (Å²) >= 11 is 0. The van der Waals surface area contributed by atoms with E-state index in [0.29, 0.717) is 5.56 Å². The lowest BCUT2D eigenvalue weighted by atomic mass is 10.0. The molecule has 0 saturated carbocycles. The maximum Gasteiger partial charge on any atom is 0.326 e. The van der Waals surface area contributed by atoms with E-state index in [1.807, 2.05) is 0 Å². The zero-order valence-corrected chi connectivity index (χ0v) is 22.7. The molecule has 0 aliphatic rings. The van der Waals surface area contributed by atoms with Crippen LogP contribution in [0.3, 0.4) is 0 Å². The Labute approximate surface area is 240 Å². The van der Waals surface area contributed by atoms with Gasteiger partial charge in [0.25, 0.3) is 0 Å². The van der Waals surface area contributed by atoms with Gasteiger partial charge in [0.1, 0.15) is 18.1 Å². The number of primary amides is 2. The number of nitrogens with two attached hydrogens (primary N) is 5. The van der Waals surface area contributed by atoms with Gasteiger partial charge in [0.2, 0.25) is 29.5 Å². The van der Waals surface area contributed by atoms with Crippen molar-refractivity contribution >= 4 is 52.4 Å². The first-order valence-electron chi connectivity index (χ1n) is 12.8. The molecule has 1 aromatic heterocycles. The number of nitrogens with one attached hydrogen (secondary N) is 4. The van der Waals surface area contributed by atoms with Crippen LogP contribution < -0.4 is 44.6 Å². The average molecular weight is 589 g/mol. The second-order valence-electron chi connectivity index (χ2n) is 9.48. The fourth-order valence-corrected chi connectivity index (χ4v) is 4.04. The summed E-state index contributed by atoms with van der Waals surface area (Å²) in [7, 11) is 0. The van der Waals surface area contributed by atoms with Crippen molar-refractivity contribution in [2.45, 2.75) is 56.3 Å². The van der Waals surface area contributed by atoms with Crippen LogP contribution in [0.15, 0.2) is 35.5 Å². The summed E-state index contributed by atoms with van der Waals surface area (Å²) in [5.41, 5.74) is 28.0. The number of rotatable bonds is 17. The van der Waals surface area contributed by atoms with Gasteiger partial charge < -0.3 is 54.7 Å². The van der Waals surface area contributed by atoms with Crippen LogP contribution in [0.25, 0.3) is 10.9 Å². The highest BCUT2D eigenvalue weighted by Crippen LogP contribution is 2.19. The SMILES string of the molecule is NC(=O)CC(N)C(=O)NC(CCCN=C(N)N)C(=O)NC(Cc1c[nH]c2ccccc12)C(=O)NC(CC(N)=O)C(=O)O. The molecule has 0 aliphatic heterocycles. The molecule has 1 aromatic carbocycles. The quantitative estimate of drug-likeness (QED) is 0.0491. The van der Waals surface area contributed by atoms with Gasteiger partial charge in [0.15, 0.2) is 5.96 Å². The molecule has 2 aromatic rings. The van der Waals surface area contributed by atoms with Crippen molar-refractivity contribution in [1.29, 1.82) is 0 Å². The van der Waals surface area contributed by atoms with Gasteiger partial charge in [-0.2, -0.15) is 0 Å². The molecule has 4 atom stereocenters. The Morgan fingerprint density at radius 2 is 1.43 bits per heavy atom. The first-order valence-corrected chi connectivity index (χ1v) is 12.8. The second-order valence-corrected chi connectivity index (χ2v) is 9.48. The summed E-state index contributed by atoms with van der Waals surface area (Å²) in [6.07, 6.45) is 0.595. The van der Waals surface area contributed by atoms with E-state index in [4.69, 9.17) is 28.7 Å². The normalized spacial score (nSPS) is 13.6. The molecule has 42 heavy (non-hydrogen) atoms. The number of nitrogens with zero attached hydrogens (tertiary/aromatic N) is 1. The highest BCUT2D eigenvalue weighted by atomic mass is 16.4. The van der Waals surface area contributed by atoms with Gasteiger partial charge in [0, 0.05) is 30.1 Å². The van der Waals surface area contributed by atoms with Crippen molar-refractivity contribution in [3.63, 3.8) is 0 Å². The Balaban J connectivity index is 2.34. The molecule has 17 heteroatoms. The van der Waals surface area contributed by atoms with Crippen LogP contribution in [0.5, 0.6) is 0 Å². The third-order valence-electron chi connectivity index (χ3n) is 6.09. The summed E-state index contributed by atoms with van der Waals surface area (Å²) in [4.78, 5) is 80.4. The lowest BCUT2D eigenvalue weighted by Crippen LogP contribution is -2.58. The number of aromatic amines is 1. The third kappa shape index (κ3) is 10.4. The summed E-state index contributed by atoms with van der Waals surface area (Å²) in [5, 5.41) is 17.4. The predicted octanol–water partition coefficient (Wildman–Crippen LogP) is -3.62. The smallest absolute Gasteiger partial charge is 0.326 e. The molecule has 4 unspecified atom stereocenters. The van der Waals surface area contributed by atoms with Crippen LogP contribution in [-0.4, -0.2) is 82.3 Å². The van der Waals surface area contributed by atoms with Crippen molar-refractivity contribution in [2.24, 2.45) is 33.7 Å². The molecule has 15 N–H and O–H groups in total. The summed E-state index contributed by atoms with van der Waals surface area (Å²) < 4.78 is 0. The van der Waals surface area contributed by atoms with Crippen LogP contribution in [-0.2, 0) is 35.2 Å². The van der Waals surface area contributed by atoms with Gasteiger partial charge in [-0.3, -0.25) is 29.0 Å². The second kappa shape index (κ2) is 15.6. The van der Waals surface area contributed by atoms with Gasteiger partial charge in [0.05, 0.1) is 18.9 Å². The van der Waals surface area contributed by atoms with E-state index < -0.39 is 72.5 Å². The molecule has 0 saturated heterocycles. The number of carboxylic acid groups (broad SMARTS) is 1. The Hall–Kier alpha value is -5.19. The summed E-state index contributed by atoms with van der Waals surface area (Å²) in [6, 6.07) is 1.56. The van der Waals surface area contributed by atoms with Gasteiger partial charge in [-0.15, -0.1) is 0 Å². The maximum absolute atomic E-state index is 13.4. The molecule has 0 spiro atoms. The van der Waals surface area contributed by atoms with Crippen LogP contribution in [0.1, 0.15) is 31.2 Å².